The van der Waals surface area contributed by atoms with Crippen LogP contribution in [-0.2, 0) is 9.05 Å². The highest BCUT2D eigenvalue weighted by Gasteiger charge is 2.31. The Hall–Kier alpha value is -0.300. The third-order valence-corrected chi connectivity index (χ3v) is 6.38. The van der Waals surface area contributed by atoms with Crippen LogP contribution < -0.4 is 0 Å². The second-order valence-electron chi connectivity index (χ2n) is 5.37. The summed E-state index contributed by atoms with van der Waals surface area (Å²) in [5.74, 6) is 0.532. The molecule has 2 rings (SSSR count). The molecule has 8 heteroatoms. The number of halogens is 3. The number of carbonyl (C=O) groups is 1. The first kappa shape index (κ1) is 17.1. The molecule has 1 amide bonds. The summed E-state index contributed by atoms with van der Waals surface area (Å²) in [6.45, 7) is 5.43. The molecule has 1 heterocycles. The van der Waals surface area contributed by atoms with E-state index < -0.39 is 9.05 Å². The molecule has 4 nitrogen and oxygen atoms in total. The summed E-state index contributed by atoms with van der Waals surface area (Å²) in [6, 6.07) is 2.61. The van der Waals surface area contributed by atoms with Crippen LogP contribution in [0.5, 0.6) is 0 Å². The van der Waals surface area contributed by atoms with Crippen molar-refractivity contribution in [2.75, 3.05) is 13.1 Å². The Morgan fingerprint density at radius 1 is 1.29 bits per heavy atom. The van der Waals surface area contributed by atoms with Crippen LogP contribution in [0.1, 0.15) is 24.2 Å². The van der Waals surface area contributed by atoms with Crippen molar-refractivity contribution in [1.82, 2.24) is 4.90 Å². The second-order valence-corrected chi connectivity index (χ2v) is 9.16. The highest BCUT2D eigenvalue weighted by Crippen LogP contribution is 2.33. The van der Waals surface area contributed by atoms with E-state index in [0.717, 1.165) is 0 Å². The normalized spacial score (nSPS) is 22.6. The summed E-state index contributed by atoms with van der Waals surface area (Å²) in [7, 11) is 1.42. The van der Waals surface area contributed by atoms with E-state index in [1.54, 1.807) is 4.90 Å². The fourth-order valence-electron chi connectivity index (χ4n) is 2.35. The molecule has 1 aliphatic rings. The lowest BCUT2D eigenvalue weighted by Crippen LogP contribution is -2.29. The first-order valence-electron chi connectivity index (χ1n) is 6.34. The Morgan fingerprint density at radius 3 is 2.29 bits per heavy atom. The highest BCUT2D eigenvalue weighted by molar-refractivity contribution is 9.10. The van der Waals surface area contributed by atoms with E-state index in [0.29, 0.717) is 24.9 Å². The molecule has 1 saturated heterocycles. The Kier molecular flexibility index (Phi) is 4.93. The molecule has 21 heavy (non-hydrogen) atoms. The standard InChI is InChI=1S/C13H14BrCl2NO3S/c1-7-5-17(6-8(7)2)13(18)9-3-12(21(16,19)20)10(14)4-11(9)15/h3-4,7-8H,5-6H2,1-2H3. The van der Waals surface area contributed by atoms with E-state index in [1.165, 1.54) is 12.1 Å². The summed E-state index contributed by atoms with van der Waals surface area (Å²) in [4.78, 5) is 14.1. The van der Waals surface area contributed by atoms with E-state index in [2.05, 4.69) is 29.8 Å². The zero-order valence-corrected chi connectivity index (χ0v) is 15.4. The van der Waals surface area contributed by atoms with E-state index in [-0.39, 0.29) is 25.9 Å². The Labute approximate surface area is 142 Å². The number of likely N-dealkylation sites (tertiary alicyclic amines) is 1. The van der Waals surface area contributed by atoms with Gasteiger partial charge in [-0.2, -0.15) is 0 Å². The van der Waals surface area contributed by atoms with Crippen molar-refractivity contribution >= 4 is 53.2 Å². The van der Waals surface area contributed by atoms with Crippen LogP contribution in [0, 0.1) is 11.8 Å². The number of nitrogens with zero attached hydrogens (tertiary/aromatic N) is 1. The van der Waals surface area contributed by atoms with Crippen molar-refractivity contribution in [3.63, 3.8) is 0 Å². The first-order chi connectivity index (χ1) is 9.61. The van der Waals surface area contributed by atoms with E-state index in [4.69, 9.17) is 22.3 Å². The maximum Gasteiger partial charge on any atom is 0.262 e. The lowest BCUT2D eigenvalue weighted by Gasteiger charge is -2.17. The van der Waals surface area contributed by atoms with Gasteiger partial charge in [0.2, 0.25) is 0 Å². The zero-order valence-electron chi connectivity index (χ0n) is 11.4. The highest BCUT2D eigenvalue weighted by atomic mass is 79.9. The monoisotopic (exact) mass is 413 g/mol. The van der Waals surface area contributed by atoms with Gasteiger partial charge in [0.15, 0.2) is 0 Å². The molecule has 0 aliphatic carbocycles. The zero-order chi connectivity index (χ0) is 15.9. The van der Waals surface area contributed by atoms with Crippen LogP contribution in [0.15, 0.2) is 21.5 Å². The topological polar surface area (TPSA) is 54.5 Å². The van der Waals surface area contributed by atoms with Crippen molar-refractivity contribution in [3.05, 3.63) is 27.2 Å². The minimum atomic E-state index is -3.96. The maximum absolute atomic E-state index is 12.5. The van der Waals surface area contributed by atoms with Crippen molar-refractivity contribution in [3.8, 4) is 0 Å². The minimum absolute atomic E-state index is 0.153. The van der Waals surface area contributed by atoms with Crippen LogP contribution in [0.2, 0.25) is 5.02 Å². The molecule has 0 aromatic heterocycles. The summed E-state index contributed by atoms with van der Waals surface area (Å²) >= 11 is 9.18. The van der Waals surface area contributed by atoms with Gasteiger partial charge in [-0.1, -0.05) is 25.4 Å². The molecule has 1 aliphatic heterocycles. The van der Waals surface area contributed by atoms with Gasteiger partial charge in [0.1, 0.15) is 0 Å². The van der Waals surface area contributed by atoms with Crippen LogP contribution in [0.25, 0.3) is 0 Å². The molecule has 0 N–H and O–H groups in total. The average molecular weight is 415 g/mol. The number of carbonyl (C=O) groups excluding carboxylic acids is 1. The molecule has 0 saturated carbocycles. The van der Waals surface area contributed by atoms with Gasteiger partial charge in [0.05, 0.1) is 15.5 Å². The van der Waals surface area contributed by atoms with Gasteiger partial charge < -0.3 is 4.90 Å². The molecule has 2 atom stereocenters. The van der Waals surface area contributed by atoms with Crippen molar-refractivity contribution < 1.29 is 13.2 Å². The smallest absolute Gasteiger partial charge is 0.262 e. The molecular weight excluding hydrogens is 401 g/mol. The molecule has 0 radical (unpaired) electrons. The molecule has 0 bridgehead atoms. The Balaban J connectivity index is 2.43. The van der Waals surface area contributed by atoms with Gasteiger partial charge in [-0.25, -0.2) is 8.42 Å². The predicted octanol–water partition coefficient (Wildman–Crippen LogP) is 3.76. The van der Waals surface area contributed by atoms with Crippen LogP contribution >= 0.6 is 38.2 Å². The largest absolute Gasteiger partial charge is 0.338 e. The quantitative estimate of drug-likeness (QED) is 0.692. The summed E-state index contributed by atoms with van der Waals surface area (Å²) < 4.78 is 23.3. The predicted molar refractivity (Wildman–Crippen MR) is 86.4 cm³/mol. The van der Waals surface area contributed by atoms with E-state index in [9.17, 15) is 13.2 Å². The van der Waals surface area contributed by atoms with Crippen LogP contribution in [0.4, 0.5) is 0 Å². The minimum Gasteiger partial charge on any atom is -0.338 e. The molecule has 1 fully saturated rings. The Morgan fingerprint density at radius 2 is 1.81 bits per heavy atom. The van der Waals surface area contributed by atoms with Crippen LogP contribution in [0.3, 0.4) is 0 Å². The van der Waals surface area contributed by atoms with Crippen molar-refractivity contribution in [2.45, 2.75) is 18.7 Å². The van der Waals surface area contributed by atoms with Gasteiger partial charge in [-0.05, 0) is 39.9 Å². The van der Waals surface area contributed by atoms with E-state index >= 15 is 0 Å². The van der Waals surface area contributed by atoms with Gasteiger partial charge in [0.25, 0.3) is 15.0 Å². The SMILES string of the molecule is CC1CN(C(=O)c2cc(S(=O)(=O)Cl)c(Br)cc2Cl)CC1C. The molecule has 1 aromatic carbocycles. The fraction of sp³-hybridized carbons (Fsp3) is 0.462. The van der Waals surface area contributed by atoms with Gasteiger partial charge >= 0.3 is 0 Å². The number of hydrogen-bond acceptors (Lipinski definition) is 3. The lowest BCUT2D eigenvalue weighted by atomic mass is 10.0. The van der Waals surface area contributed by atoms with Gasteiger partial charge in [-0.15, -0.1) is 0 Å². The number of hydrogen-bond donors (Lipinski definition) is 0. The van der Waals surface area contributed by atoms with Crippen molar-refractivity contribution in [1.29, 1.82) is 0 Å². The number of rotatable bonds is 2. The average Bonchev–Trinajstić information content (AvgIpc) is 2.67. The third-order valence-electron chi connectivity index (χ3n) is 3.79. The third kappa shape index (κ3) is 3.55. The molecule has 0 spiro atoms. The molecule has 116 valence electrons. The van der Waals surface area contributed by atoms with Gasteiger partial charge in [-0.3, -0.25) is 4.79 Å². The summed E-state index contributed by atoms with van der Waals surface area (Å²) in [5, 5.41) is 0.197. The fourth-order valence-corrected chi connectivity index (χ4v) is 4.92. The number of benzene rings is 1. The van der Waals surface area contributed by atoms with E-state index in [1.807, 2.05) is 0 Å². The molecule has 1 aromatic rings. The summed E-state index contributed by atoms with van der Waals surface area (Å²) in [6.07, 6.45) is 0. The number of amides is 1. The second kappa shape index (κ2) is 6.07. The van der Waals surface area contributed by atoms with Crippen LogP contribution in [-0.4, -0.2) is 32.3 Å². The van der Waals surface area contributed by atoms with Crippen molar-refractivity contribution in [2.24, 2.45) is 11.8 Å². The Bertz CT molecular complexity index is 683. The lowest BCUT2D eigenvalue weighted by molar-refractivity contribution is 0.0785. The van der Waals surface area contributed by atoms with Gasteiger partial charge in [0, 0.05) is 28.2 Å². The first-order valence-corrected chi connectivity index (χ1v) is 9.82. The molecular formula is C13H14BrCl2NO3S. The molecule has 2 unspecified atom stereocenters. The maximum atomic E-state index is 12.5. The summed E-state index contributed by atoms with van der Waals surface area (Å²) in [5.41, 5.74) is 0.153.